The van der Waals surface area contributed by atoms with Crippen LogP contribution >= 0.6 is 0 Å². The summed E-state index contributed by atoms with van der Waals surface area (Å²) in [7, 11) is 0. The van der Waals surface area contributed by atoms with Crippen molar-refractivity contribution in [3.63, 3.8) is 0 Å². The van der Waals surface area contributed by atoms with E-state index in [2.05, 4.69) is 37.1 Å². The first-order valence-electron chi connectivity index (χ1n) is 10.9. The summed E-state index contributed by atoms with van der Waals surface area (Å²) < 4.78 is 15.2. The average molecular weight is 434 g/mol. The molecule has 1 saturated heterocycles. The van der Waals surface area contributed by atoms with Crippen molar-refractivity contribution in [1.82, 2.24) is 10.2 Å². The lowest BCUT2D eigenvalue weighted by molar-refractivity contribution is -0.123. The molecule has 0 radical (unpaired) electrons. The molecule has 166 valence electrons. The molecule has 0 aromatic heterocycles. The van der Waals surface area contributed by atoms with Gasteiger partial charge in [-0.25, -0.2) is 9.18 Å². The average Bonchev–Trinajstić information content (AvgIpc) is 3.00. The molecule has 32 heavy (non-hydrogen) atoms. The van der Waals surface area contributed by atoms with Gasteiger partial charge in [-0.1, -0.05) is 43.3 Å². The number of benzene rings is 2. The Morgan fingerprint density at radius 3 is 2.53 bits per heavy atom. The van der Waals surface area contributed by atoms with Gasteiger partial charge in [0, 0.05) is 23.4 Å². The number of carbonyl (C=O) groups is 2. The number of hydrogen-bond acceptors (Lipinski definition) is 3. The Hall–Kier alpha value is -3.41. The maximum atomic E-state index is 15.2. The van der Waals surface area contributed by atoms with E-state index in [0.717, 1.165) is 40.3 Å². The van der Waals surface area contributed by atoms with Crippen LogP contribution in [0.15, 0.2) is 54.2 Å². The Bertz CT molecular complexity index is 1140. The van der Waals surface area contributed by atoms with E-state index in [1.165, 1.54) is 6.08 Å². The van der Waals surface area contributed by atoms with Crippen molar-refractivity contribution in [2.24, 2.45) is 0 Å². The molecule has 1 N–H and O–H groups in total. The fourth-order valence-corrected chi connectivity index (χ4v) is 4.49. The molecule has 0 spiro atoms. The van der Waals surface area contributed by atoms with Gasteiger partial charge in [0.2, 0.25) is 0 Å². The molecule has 0 unspecified atom stereocenters. The van der Waals surface area contributed by atoms with Gasteiger partial charge in [-0.15, -0.1) is 0 Å². The van der Waals surface area contributed by atoms with Gasteiger partial charge in [0.15, 0.2) is 0 Å². The third-order valence-electron chi connectivity index (χ3n) is 5.99. The predicted octanol–water partition coefficient (Wildman–Crippen LogP) is 5.33. The SMILES string of the molecule is CCCN1c2cc(F)c(/C=C3/NC(=O)N(Cc4ccccc4)C3=O)cc2C(C)=CC1(C)C. The van der Waals surface area contributed by atoms with Crippen molar-refractivity contribution in [2.75, 3.05) is 11.4 Å². The van der Waals surface area contributed by atoms with Gasteiger partial charge in [0.25, 0.3) is 5.91 Å². The maximum Gasteiger partial charge on any atom is 0.329 e. The first-order chi connectivity index (χ1) is 15.2. The minimum atomic E-state index is -0.504. The number of anilines is 1. The standard InChI is InChI=1S/C26H28FN3O2/c1-5-11-30-23-14-21(27)19(12-20(23)17(2)15-26(30,3)4)13-22-24(31)29(25(32)28-22)16-18-9-7-6-8-10-18/h6-10,12-15H,5,11,16H2,1-4H3,(H,28,32)/b22-13+. The number of nitrogens with one attached hydrogen (secondary N) is 1. The van der Waals surface area contributed by atoms with Crippen molar-refractivity contribution in [2.45, 2.75) is 46.2 Å². The van der Waals surface area contributed by atoms with Crippen LogP contribution in [-0.2, 0) is 11.3 Å². The van der Waals surface area contributed by atoms with E-state index in [9.17, 15) is 9.59 Å². The molecule has 2 aliphatic heterocycles. The van der Waals surface area contributed by atoms with E-state index >= 15 is 4.39 Å². The molecule has 0 aliphatic carbocycles. The largest absolute Gasteiger partial charge is 0.362 e. The first kappa shape index (κ1) is 21.8. The molecule has 5 nitrogen and oxygen atoms in total. The van der Waals surface area contributed by atoms with E-state index < -0.39 is 17.8 Å². The summed E-state index contributed by atoms with van der Waals surface area (Å²) in [5.74, 6) is -0.886. The lowest BCUT2D eigenvalue weighted by Gasteiger charge is -2.43. The van der Waals surface area contributed by atoms with Crippen molar-refractivity contribution in [3.8, 4) is 0 Å². The maximum absolute atomic E-state index is 15.2. The van der Waals surface area contributed by atoms with Crippen LogP contribution in [0.5, 0.6) is 0 Å². The first-order valence-corrected chi connectivity index (χ1v) is 10.9. The number of halogens is 1. The van der Waals surface area contributed by atoms with Gasteiger partial charge in [-0.05, 0) is 56.5 Å². The number of urea groups is 1. The van der Waals surface area contributed by atoms with Crippen molar-refractivity contribution >= 4 is 29.3 Å². The molecular formula is C26H28FN3O2. The highest BCUT2D eigenvalue weighted by Gasteiger charge is 2.35. The van der Waals surface area contributed by atoms with E-state index in [0.29, 0.717) is 0 Å². The Morgan fingerprint density at radius 1 is 1.12 bits per heavy atom. The van der Waals surface area contributed by atoms with Crippen LogP contribution in [0.2, 0.25) is 0 Å². The number of carbonyl (C=O) groups excluding carboxylic acids is 2. The zero-order valence-electron chi connectivity index (χ0n) is 18.9. The zero-order valence-corrected chi connectivity index (χ0v) is 18.9. The third kappa shape index (κ3) is 3.93. The Kier molecular flexibility index (Phi) is 5.63. The summed E-state index contributed by atoms with van der Waals surface area (Å²) in [6, 6.07) is 12.1. The molecule has 0 saturated carbocycles. The molecule has 2 heterocycles. The topological polar surface area (TPSA) is 52.7 Å². The minimum Gasteiger partial charge on any atom is -0.362 e. The van der Waals surface area contributed by atoms with Crippen LogP contribution in [0, 0.1) is 5.82 Å². The van der Waals surface area contributed by atoms with Crippen molar-refractivity contribution in [3.05, 3.63) is 76.7 Å². The molecule has 1 fully saturated rings. The number of fused-ring (bicyclic) bond motifs is 1. The van der Waals surface area contributed by atoms with Crippen LogP contribution in [0.1, 0.15) is 50.8 Å². The van der Waals surface area contributed by atoms with Gasteiger partial charge in [-0.3, -0.25) is 9.69 Å². The van der Waals surface area contributed by atoms with Gasteiger partial charge < -0.3 is 10.2 Å². The summed E-state index contributed by atoms with van der Waals surface area (Å²) in [4.78, 5) is 28.6. The number of nitrogens with zero attached hydrogens (tertiary/aromatic N) is 2. The highest BCUT2D eigenvalue weighted by molar-refractivity contribution is 6.14. The fourth-order valence-electron chi connectivity index (χ4n) is 4.49. The molecule has 6 heteroatoms. The smallest absolute Gasteiger partial charge is 0.329 e. The summed E-state index contributed by atoms with van der Waals surface area (Å²) in [5.41, 5.74) is 3.83. The van der Waals surface area contributed by atoms with Crippen LogP contribution < -0.4 is 10.2 Å². The van der Waals surface area contributed by atoms with Crippen molar-refractivity contribution < 1.29 is 14.0 Å². The summed E-state index contributed by atoms with van der Waals surface area (Å²) in [6.45, 7) is 9.34. The summed E-state index contributed by atoms with van der Waals surface area (Å²) in [6.07, 6.45) is 4.56. The summed E-state index contributed by atoms with van der Waals surface area (Å²) >= 11 is 0. The number of hydrogen-bond donors (Lipinski definition) is 1. The second-order valence-electron chi connectivity index (χ2n) is 8.89. The van der Waals surface area contributed by atoms with Gasteiger partial charge in [0.1, 0.15) is 11.5 Å². The van der Waals surface area contributed by atoms with Crippen LogP contribution in [0.4, 0.5) is 14.9 Å². The van der Waals surface area contributed by atoms with Gasteiger partial charge in [-0.2, -0.15) is 0 Å². The third-order valence-corrected chi connectivity index (χ3v) is 5.99. The molecule has 2 aromatic rings. The van der Waals surface area contributed by atoms with E-state index in [1.54, 1.807) is 12.1 Å². The lowest BCUT2D eigenvalue weighted by Crippen LogP contribution is -2.45. The number of amides is 3. The van der Waals surface area contributed by atoms with Crippen LogP contribution in [0.3, 0.4) is 0 Å². The molecule has 3 amide bonds. The quantitative estimate of drug-likeness (QED) is 0.512. The molecule has 2 aromatic carbocycles. The molecule has 0 atom stereocenters. The van der Waals surface area contributed by atoms with E-state index in [-0.39, 0.29) is 23.3 Å². The number of allylic oxidation sites excluding steroid dienone is 1. The fraction of sp³-hybridized carbons (Fsp3) is 0.308. The molecule has 4 rings (SSSR count). The van der Waals surface area contributed by atoms with Crippen LogP contribution in [0.25, 0.3) is 11.6 Å². The normalized spacial score (nSPS) is 18.7. The highest BCUT2D eigenvalue weighted by Crippen LogP contribution is 2.40. The van der Waals surface area contributed by atoms with E-state index in [1.807, 2.05) is 37.3 Å². The van der Waals surface area contributed by atoms with Gasteiger partial charge >= 0.3 is 6.03 Å². The number of rotatable bonds is 5. The molecule has 0 bridgehead atoms. The summed E-state index contributed by atoms with van der Waals surface area (Å²) in [5, 5.41) is 2.59. The lowest BCUT2D eigenvalue weighted by atomic mass is 9.87. The van der Waals surface area contributed by atoms with E-state index in [4.69, 9.17) is 0 Å². The second kappa shape index (κ2) is 8.26. The minimum absolute atomic E-state index is 0.0768. The predicted molar refractivity (Wildman–Crippen MR) is 125 cm³/mol. The Labute approximate surface area is 188 Å². The van der Waals surface area contributed by atoms with Gasteiger partial charge in [0.05, 0.1) is 12.1 Å². The number of imide groups is 1. The van der Waals surface area contributed by atoms with Crippen LogP contribution in [-0.4, -0.2) is 28.9 Å². The molecular weight excluding hydrogens is 405 g/mol. The zero-order chi connectivity index (χ0) is 23.0. The molecule has 2 aliphatic rings. The second-order valence-corrected chi connectivity index (χ2v) is 8.89. The Morgan fingerprint density at radius 2 is 1.84 bits per heavy atom. The monoisotopic (exact) mass is 433 g/mol. The Balaban J connectivity index is 1.67. The highest BCUT2D eigenvalue weighted by atomic mass is 19.1. The van der Waals surface area contributed by atoms with Crippen molar-refractivity contribution in [1.29, 1.82) is 0 Å².